The molecule has 3 aromatic carbocycles. The number of hydrogen-bond acceptors (Lipinski definition) is 5. The molecule has 1 aromatic heterocycles. The third-order valence-electron chi connectivity index (χ3n) is 4.30. The Morgan fingerprint density at radius 2 is 1.79 bits per heavy atom. The van der Waals surface area contributed by atoms with Gasteiger partial charge in [0.1, 0.15) is 0 Å². The van der Waals surface area contributed by atoms with E-state index in [0.717, 1.165) is 27.7 Å². The van der Waals surface area contributed by atoms with Crippen LogP contribution in [0.2, 0.25) is 0 Å². The van der Waals surface area contributed by atoms with Crippen LogP contribution in [0.25, 0.3) is 5.69 Å². The fraction of sp³-hybridized carbons (Fsp3) is 0.0909. The van der Waals surface area contributed by atoms with Crippen LogP contribution < -0.4 is 5.32 Å². The molecule has 144 valence electrons. The Hall–Kier alpha value is -3.45. The van der Waals surface area contributed by atoms with Gasteiger partial charge in [-0.25, -0.2) is 0 Å². The maximum absolute atomic E-state index is 12.4. The Morgan fingerprint density at radius 3 is 2.55 bits per heavy atom. The summed E-state index contributed by atoms with van der Waals surface area (Å²) in [4.78, 5) is 13.4. The predicted octanol–water partition coefficient (Wildman–Crippen LogP) is 4.52. The molecule has 1 N–H and O–H groups in total. The van der Waals surface area contributed by atoms with Crippen molar-refractivity contribution in [3.63, 3.8) is 0 Å². The van der Waals surface area contributed by atoms with Crippen molar-refractivity contribution in [3.8, 4) is 5.69 Å². The molecule has 0 aliphatic heterocycles. The molecule has 0 unspecified atom stereocenters. The number of thioether (sulfide) groups is 1. The Kier molecular flexibility index (Phi) is 5.67. The van der Waals surface area contributed by atoms with Crippen LogP contribution in [0.3, 0.4) is 0 Å². The summed E-state index contributed by atoms with van der Waals surface area (Å²) < 4.78 is 1.74. The van der Waals surface area contributed by atoms with Crippen molar-refractivity contribution < 1.29 is 4.79 Å². The van der Waals surface area contributed by atoms with Gasteiger partial charge in [-0.3, -0.25) is 4.79 Å². The highest BCUT2D eigenvalue weighted by molar-refractivity contribution is 7.98. The van der Waals surface area contributed by atoms with Gasteiger partial charge in [-0.05, 0) is 65.9 Å². The summed E-state index contributed by atoms with van der Waals surface area (Å²) in [5, 5.41) is 14.9. The van der Waals surface area contributed by atoms with E-state index in [4.69, 9.17) is 0 Å². The predicted molar refractivity (Wildman–Crippen MR) is 114 cm³/mol. The number of anilines is 1. The summed E-state index contributed by atoms with van der Waals surface area (Å²) in [5.41, 5.74) is 3.40. The number of carbonyl (C=O) groups excluding carboxylic acids is 1. The number of tetrazole rings is 1. The lowest BCUT2D eigenvalue weighted by atomic mass is 10.1. The van der Waals surface area contributed by atoms with E-state index in [2.05, 4.69) is 20.8 Å². The van der Waals surface area contributed by atoms with Gasteiger partial charge < -0.3 is 5.32 Å². The highest BCUT2D eigenvalue weighted by Gasteiger charge is 2.09. The number of aromatic nitrogens is 4. The van der Waals surface area contributed by atoms with E-state index in [-0.39, 0.29) is 5.91 Å². The van der Waals surface area contributed by atoms with Gasteiger partial charge in [-0.1, -0.05) is 35.9 Å². The van der Waals surface area contributed by atoms with E-state index in [1.165, 1.54) is 0 Å². The summed E-state index contributed by atoms with van der Waals surface area (Å²) >= 11 is 1.64. The Bertz CT molecular complexity index is 1110. The zero-order chi connectivity index (χ0) is 20.1. The van der Waals surface area contributed by atoms with Crippen molar-refractivity contribution >= 4 is 23.4 Å². The van der Waals surface area contributed by atoms with Gasteiger partial charge >= 0.3 is 0 Å². The van der Waals surface area contributed by atoms with Crippen LogP contribution in [0.4, 0.5) is 5.69 Å². The van der Waals surface area contributed by atoms with E-state index in [9.17, 15) is 4.79 Å². The fourth-order valence-corrected chi connectivity index (χ4v) is 3.64. The van der Waals surface area contributed by atoms with Gasteiger partial charge in [0.05, 0.1) is 11.4 Å². The molecule has 0 aliphatic carbocycles. The van der Waals surface area contributed by atoms with Crippen LogP contribution in [0.1, 0.15) is 21.7 Å². The van der Waals surface area contributed by atoms with Crippen molar-refractivity contribution in [2.75, 3.05) is 5.32 Å². The van der Waals surface area contributed by atoms with E-state index < -0.39 is 0 Å². The average molecular weight is 401 g/mol. The minimum Gasteiger partial charge on any atom is -0.322 e. The summed E-state index contributed by atoms with van der Waals surface area (Å²) in [7, 11) is 0. The number of carbonyl (C=O) groups is 1. The number of amides is 1. The minimum absolute atomic E-state index is 0.115. The molecular weight excluding hydrogens is 382 g/mol. The van der Waals surface area contributed by atoms with E-state index in [1.54, 1.807) is 16.4 Å². The Morgan fingerprint density at radius 1 is 1.00 bits per heavy atom. The van der Waals surface area contributed by atoms with Crippen molar-refractivity contribution in [3.05, 3.63) is 95.8 Å². The lowest BCUT2D eigenvalue weighted by Gasteiger charge is -2.07. The lowest BCUT2D eigenvalue weighted by molar-refractivity contribution is 0.102. The van der Waals surface area contributed by atoms with Crippen molar-refractivity contribution in [2.24, 2.45) is 0 Å². The second-order valence-corrected chi connectivity index (χ2v) is 7.53. The summed E-state index contributed by atoms with van der Waals surface area (Å²) in [5.74, 6) is 1.30. The second kappa shape index (κ2) is 8.70. The summed E-state index contributed by atoms with van der Waals surface area (Å²) in [6.07, 6.45) is 0. The van der Waals surface area contributed by atoms with Crippen LogP contribution in [-0.2, 0) is 5.75 Å². The number of nitrogens with one attached hydrogen (secondary N) is 1. The van der Waals surface area contributed by atoms with Gasteiger partial charge in [-0.15, -0.1) is 16.9 Å². The molecule has 0 atom stereocenters. The van der Waals surface area contributed by atoms with E-state index >= 15 is 0 Å². The number of hydrogen-bond donors (Lipinski definition) is 1. The van der Waals surface area contributed by atoms with Gasteiger partial charge in [0.15, 0.2) is 5.82 Å². The maximum atomic E-state index is 12.4. The Balaban J connectivity index is 1.38. The molecule has 4 rings (SSSR count). The second-order valence-electron chi connectivity index (χ2n) is 6.48. The highest BCUT2D eigenvalue weighted by atomic mass is 32.2. The molecule has 0 aliphatic rings. The largest absolute Gasteiger partial charge is 0.322 e. The first-order valence-corrected chi connectivity index (χ1v) is 10.1. The molecule has 7 heteroatoms. The van der Waals surface area contributed by atoms with Crippen LogP contribution in [0.15, 0.2) is 83.8 Å². The van der Waals surface area contributed by atoms with Crippen LogP contribution in [0, 0.1) is 6.92 Å². The zero-order valence-corrected chi connectivity index (χ0v) is 16.6. The topological polar surface area (TPSA) is 72.7 Å². The van der Waals surface area contributed by atoms with Crippen LogP contribution >= 0.6 is 11.8 Å². The molecular formula is C22H19N5OS. The van der Waals surface area contributed by atoms with Gasteiger partial charge in [0.2, 0.25) is 0 Å². The SMILES string of the molecule is Cc1cccc(C(=O)Nc2ccc(SCc3nnnn3-c3ccccc3)cc2)c1. The molecule has 4 aromatic rings. The molecule has 29 heavy (non-hydrogen) atoms. The average Bonchev–Trinajstić information content (AvgIpc) is 3.22. The van der Waals surface area contributed by atoms with E-state index in [0.29, 0.717) is 11.3 Å². The number of aryl methyl sites for hydroxylation is 1. The first-order chi connectivity index (χ1) is 14.2. The molecule has 0 saturated carbocycles. The molecule has 6 nitrogen and oxygen atoms in total. The summed E-state index contributed by atoms with van der Waals surface area (Å²) in [6.45, 7) is 1.97. The molecule has 0 radical (unpaired) electrons. The van der Waals surface area contributed by atoms with Crippen LogP contribution in [0.5, 0.6) is 0 Å². The smallest absolute Gasteiger partial charge is 0.255 e. The fourth-order valence-electron chi connectivity index (χ4n) is 2.84. The first-order valence-electron chi connectivity index (χ1n) is 9.12. The maximum Gasteiger partial charge on any atom is 0.255 e. The third-order valence-corrected chi connectivity index (χ3v) is 5.30. The zero-order valence-electron chi connectivity index (χ0n) is 15.8. The first kappa shape index (κ1) is 18.9. The monoisotopic (exact) mass is 401 g/mol. The van der Waals surface area contributed by atoms with E-state index in [1.807, 2.05) is 85.8 Å². The standard InChI is InChI=1S/C22H19N5OS/c1-16-6-5-7-17(14-16)22(28)23-18-10-12-20(13-11-18)29-15-21-24-25-26-27(21)19-8-3-2-4-9-19/h2-14H,15H2,1H3,(H,23,28). The van der Waals surface area contributed by atoms with Gasteiger partial charge in [-0.2, -0.15) is 4.68 Å². The van der Waals surface area contributed by atoms with Crippen molar-refractivity contribution in [2.45, 2.75) is 17.6 Å². The molecule has 1 heterocycles. The van der Waals surface area contributed by atoms with Gasteiger partial charge in [0, 0.05) is 16.1 Å². The van der Waals surface area contributed by atoms with Crippen molar-refractivity contribution in [1.29, 1.82) is 0 Å². The quantitative estimate of drug-likeness (QED) is 0.481. The van der Waals surface area contributed by atoms with Gasteiger partial charge in [0.25, 0.3) is 5.91 Å². The van der Waals surface area contributed by atoms with Crippen LogP contribution in [-0.4, -0.2) is 26.1 Å². The third kappa shape index (κ3) is 4.70. The lowest BCUT2D eigenvalue weighted by Crippen LogP contribution is -2.11. The number of rotatable bonds is 6. The Labute approximate surface area is 173 Å². The number of benzene rings is 3. The number of para-hydroxylation sites is 1. The van der Waals surface area contributed by atoms with Crippen molar-refractivity contribution in [1.82, 2.24) is 20.2 Å². The number of nitrogens with zero attached hydrogens (tertiary/aromatic N) is 4. The molecule has 0 fully saturated rings. The highest BCUT2D eigenvalue weighted by Crippen LogP contribution is 2.24. The normalized spacial score (nSPS) is 10.7. The molecule has 0 saturated heterocycles. The molecule has 0 bridgehead atoms. The minimum atomic E-state index is -0.115. The molecule has 1 amide bonds. The molecule has 0 spiro atoms. The summed E-state index contributed by atoms with van der Waals surface area (Å²) in [6, 6.07) is 25.1.